The molecule has 170 valence electrons. The average molecular weight is 460 g/mol. The van der Waals surface area contributed by atoms with Gasteiger partial charge in [0.1, 0.15) is 6.04 Å². The number of hydrogen-bond acceptors (Lipinski definition) is 9. The van der Waals surface area contributed by atoms with Gasteiger partial charge in [-0.15, -0.1) is 5.34 Å². The summed E-state index contributed by atoms with van der Waals surface area (Å²) in [7, 11) is 0. The van der Waals surface area contributed by atoms with E-state index in [0.29, 0.717) is 13.2 Å². The normalized spacial score (nSPS) is 11.2. The van der Waals surface area contributed by atoms with E-state index in [1.165, 1.54) is 0 Å². The van der Waals surface area contributed by atoms with Gasteiger partial charge in [-0.2, -0.15) is 0 Å². The van der Waals surface area contributed by atoms with E-state index in [1.54, 1.807) is 0 Å². The van der Waals surface area contributed by atoms with Crippen molar-refractivity contribution >= 4 is 11.9 Å². The molecular formula is C20H25N2NaO9. The van der Waals surface area contributed by atoms with Crippen LogP contribution in [0.1, 0.15) is 11.1 Å². The molecule has 2 unspecified atom stereocenters. The van der Waals surface area contributed by atoms with Crippen LogP contribution in [0.25, 0.3) is 0 Å². The standard InChI is InChI=1S/C10H13NO3.C10H12O4.HNO2.Na/c2*11-9(10(12)13)7-14-6-8-4-2-1-3-5-8;2-1-3;/h1-5,9H,6-7,11H2,(H,12,13);1-5,9,11H,6-7H2,(H,12,13);(H,2,3);/q;;;+1/p-1. The van der Waals surface area contributed by atoms with Gasteiger partial charge in [0.05, 0.1) is 26.4 Å². The van der Waals surface area contributed by atoms with Gasteiger partial charge in [0.15, 0.2) is 6.10 Å². The Morgan fingerprint density at radius 3 is 1.59 bits per heavy atom. The number of benzene rings is 2. The van der Waals surface area contributed by atoms with Crippen molar-refractivity contribution in [1.29, 1.82) is 0 Å². The maximum atomic E-state index is 10.3. The predicted molar refractivity (Wildman–Crippen MR) is 111 cm³/mol. The summed E-state index contributed by atoms with van der Waals surface area (Å²) in [6.07, 6.45) is -1.45. The van der Waals surface area contributed by atoms with Crippen LogP contribution < -0.4 is 35.3 Å². The first-order chi connectivity index (χ1) is 14.8. The minimum absolute atomic E-state index is 0. The maximum absolute atomic E-state index is 10.3. The number of rotatable bonds is 10. The smallest absolute Gasteiger partial charge is 0.480 e. The Kier molecular flexibility index (Phi) is 20.4. The largest absolute Gasteiger partial charge is 1.00 e. The number of nitrogens with zero attached hydrogens (tertiary/aromatic N) is 1. The van der Waals surface area contributed by atoms with Gasteiger partial charge in [-0.25, -0.2) is 4.79 Å². The Morgan fingerprint density at radius 2 is 1.25 bits per heavy atom. The molecule has 0 saturated carbocycles. The van der Waals surface area contributed by atoms with E-state index in [1.807, 2.05) is 60.7 Å². The molecule has 2 atom stereocenters. The molecule has 0 radical (unpaired) electrons. The minimum atomic E-state index is -1.45. The quantitative estimate of drug-likeness (QED) is 0.185. The van der Waals surface area contributed by atoms with Gasteiger partial charge >= 0.3 is 41.5 Å². The number of nitrogens with two attached hydrogens (primary N) is 1. The van der Waals surface area contributed by atoms with Crippen molar-refractivity contribution in [3.8, 4) is 0 Å². The summed E-state index contributed by atoms with van der Waals surface area (Å²) in [5.41, 5.74) is 7.21. The zero-order valence-electron chi connectivity index (χ0n) is 17.6. The molecule has 0 spiro atoms. The number of ether oxygens (including phenoxy) is 2. The first kappa shape index (κ1) is 31.8. The van der Waals surface area contributed by atoms with Crippen LogP contribution in [0.2, 0.25) is 0 Å². The summed E-state index contributed by atoms with van der Waals surface area (Å²) in [6, 6.07) is 17.9. The van der Waals surface area contributed by atoms with Crippen LogP contribution in [0.4, 0.5) is 0 Å². The maximum Gasteiger partial charge on any atom is 1.00 e. The van der Waals surface area contributed by atoms with Gasteiger partial charge < -0.3 is 40.6 Å². The molecule has 0 heterocycles. The molecule has 5 N–H and O–H groups in total. The van der Waals surface area contributed by atoms with Crippen molar-refractivity contribution < 1.29 is 63.9 Å². The van der Waals surface area contributed by atoms with Crippen molar-refractivity contribution in [2.75, 3.05) is 13.2 Å². The van der Waals surface area contributed by atoms with E-state index in [9.17, 15) is 9.59 Å². The summed E-state index contributed by atoms with van der Waals surface area (Å²) in [5.74, 6) is -2.31. The molecular weight excluding hydrogens is 435 g/mol. The molecule has 32 heavy (non-hydrogen) atoms. The van der Waals surface area contributed by atoms with Crippen LogP contribution in [0.5, 0.6) is 0 Å². The van der Waals surface area contributed by atoms with Crippen LogP contribution in [0.3, 0.4) is 0 Å². The first-order valence-electron chi connectivity index (χ1n) is 8.89. The third-order valence-corrected chi connectivity index (χ3v) is 3.40. The average Bonchev–Trinajstić information content (AvgIpc) is 2.76. The topological polar surface area (TPSA) is 192 Å². The fourth-order valence-corrected chi connectivity index (χ4v) is 1.88. The van der Waals surface area contributed by atoms with Crippen LogP contribution in [-0.2, 0) is 32.3 Å². The number of aliphatic hydroxyl groups excluding tert-OH is 1. The van der Waals surface area contributed by atoms with E-state index in [-0.39, 0.29) is 42.8 Å². The van der Waals surface area contributed by atoms with Gasteiger partial charge in [0.2, 0.25) is 0 Å². The van der Waals surface area contributed by atoms with Gasteiger partial charge in [0.25, 0.3) is 0 Å². The third kappa shape index (κ3) is 17.3. The molecule has 11 nitrogen and oxygen atoms in total. The number of hydrogen-bond donors (Lipinski definition) is 4. The summed E-state index contributed by atoms with van der Waals surface area (Å²) < 4.78 is 10.1. The van der Waals surface area contributed by atoms with E-state index < -0.39 is 24.1 Å². The van der Waals surface area contributed by atoms with Gasteiger partial charge in [0, 0.05) is 0 Å². The van der Waals surface area contributed by atoms with E-state index >= 15 is 0 Å². The first-order valence-corrected chi connectivity index (χ1v) is 8.89. The molecule has 0 aliphatic heterocycles. The molecule has 2 aromatic carbocycles. The Hall–Kier alpha value is -2.38. The Bertz CT molecular complexity index is 690. The number of carboxylic acid groups (broad SMARTS) is 2. The van der Waals surface area contributed by atoms with E-state index in [0.717, 1.165) is 16.5 Å². The van der Waals surface area contributed by atoms with Crippen LogP contribution in [-0.4, -0.2) is 52.6 Å². The summed E-state index contributed by atoms with van der Waals surface area (Å²) in [6.45, 7) is 0.543. The monoisotopic (exact) mass is 460 g/mol. The predicted octanol–water partition coefficient (Wildman–Crippen LogP) is -1.48. The van der Waals surface area contributed by atoms with Gasteiger partial charge in [-0.1, -0.05) is 60.7 Å². The fraction of sp³-hybridized carbons (Fsp3) is 0.300. The molecule has 0 aliphatic carbocycles. The zero-order valence-corrected chi connectivity index (χ0v) is 19.6. The van der Waals surface area contributed by atoms with E-state index in [4.69, 9.17) is 40.6 Å². The number of carbonyl (C=O) groups is 2. The molecule has 0 fully saturated rings. The molecule has 12 heteroatoms. The van der Waals surface area contributed by atoms with Crippen molar-refractivity contribution in [3.63, 3.8) is 0 Å². The number of carboxylic acids is 2. The number of aliphatic carboxylic acids is 2. The molecule has 0 saturated heterocycles. The van der Waals surface area contributed by atoms with Crippen LogP contribution in [0, 0.1) is 10.1 Å². The van der Waals surface area contributed by atoms with Gasteiger partial charge in [-0.3, -0.25) is 4.79 Å². The summed E-state index contributed by atoms with van der Waals surface area (Å²) in [5, 5.41) is 34.7. The minimum Gasteiger partial charge on any atom is -0.480 e. The fourth-order valence-electron chi connectivity index (χ4n) is 1.88. The third-order valence-electron chi connectivity index (χ3n) is 3.40. The molecule has 0 bridgehead atoms. The van der Waals surface area contributed by atoms with Crippen molar-refractivity contribution in [3.05, 3.63) is 81.9 Å². The van der Waals surface area contributed by atoms with Crippen molar-refractivity contribution in [2.24, 2.45) is 11.1 Å². The number of aliphatic hydroxyl groups is 1. The SMILES string of the molecule is NC(COCc1ccccc1)C(=O)O.O=C(O)C(O)COCc1ccccc1.O=N[O-].[Na+]. The molecule has 2 rings (SSSR count). The molecule has 0 aliphatic rings. The van der Waals surface area contributed by atoms with Crippen molar-refractivity contribution in [2.45, 2.75) is 25.4 Å². The Labute approximate surface area is 207 Å². The summed E-state index contributed by atoms with van der Waals surface area (Å²) in [4.78, 5) is 28.5. The molecule has 2 aromatic rings. The second kappa shape index (κ2) is 20.5. The zero-order chi connectivity index (χ0) is 23.5. The van der Waals surface area contributed by atoms with Crippen LogP contribution in [0.15, 0.2) is 66.0 Å². The Balaban J connectivity index is 0. The Morgan fingerprint density at radius 1 is 0.875 bits per heavy atom. The van der Waals surface area contributed by atoms with Crippen molar-refractivity contribution in [1.82, 2.24) is 0 Å². The second-order valence-electron chi connectivity index (χ2n) is 5.87. The molecule has 0 amide bonds. The second-order valence-corrected chi connectivity index (χ2v) is 5.87. The van der Waals surface area contributed by atoms with Crippen LogP contribution >= 0.6 is 0 Å². The van der Waals surface area contributed by atoms with E-state index in [2.05, 4.69) is 0 Å². The molecule has 0 aromatic heterocycles. The summed E-state index contributed by atoms with van der Waals surface area (Å²) >= 11 is 0. The van der Waals surface area contributed by atoms with Gasteiger partial charge in [-0.05, 0) is 11.1 Å².